The Kier molecular flexibility index (Phi) is 6.79. The molecule has 2 atom stereocenters. The van der Waals surface area contributed by atoms with Gasteiger partial charge in [-0.25, -0.2) is 9.37 Å². The summed E-state index contributed by atoms with van der Waals surface area (Å²) in [5, 5.41) is 21.5. The van der Waals surface area contributed by atoms with Gasteiger partial charge in [-0.15, -0.1) is 10.2 Å². The lowest BCUT2D eigenvalue weighted by Crippen LogP contribution is -2.35. The van der Waals surface area contributed by atoms with Crippen molar-refractivity contribution >= 4 is 22.6 Å². The zero-order valence-electron chi connectivity index (χ0n) is 19.8. The number of hydrogen-bond acceptors (Lipinski definition) is 9. The molecule has 2 N–H and O–H groups in total. The minimum absolute atomic E-state index is 0.0338. The summed E-state index contributed by atoms with van der Waals surface area (Å²) in [6.45, 7) is 5.45. The molecule has 2 aromatic heterocycles. The Balaban J connectivity index is 1.31. The lowest BCUT2D eigenvalue weighted by Gasteiger charge is -2.31. The van der Waals surface area contributed by atoms with E-state index in [1.54, 1.807) is 12.1 Å². The van der Waals surface area contributed by atoms with Gasteiger partial charge in [-0.2, -0.15) is 4.98 Å². The van der Waals surface area contributed by atoms with E-state index in [1.807, 2.05) is 13.8 Å². The van der Waals surface area contributed by atoms with Crippen LogP contribution < -0.4 is 10.2 Å². The molecule has 9 nitrogen and oxygen atoms in total. The summed E-state index contributed by atoms with van der Waals surface area (Å²) >= 11 is 0. The van der Waals surface area contributed by atoms with Gasteiger partial charge in [-0.05, 0) is 43.0 Å². The topological polar surface area (TPSA) is 117 Å². The van der Waals surface area contributed by atoms with E-state index >= 15 is 0 Å². The van der Waals surface area contributed by atoms with Gasteiger partial charge in [0.15, 0.2) is 0 Å². The maximum absolute atomic E-state index is 13.2. The fourth-order valence-electron chi connectivity index (χ4n) is 4.46. The Morgan fingerprint density at radius 3 is 2.63 bits per heavy atom. The Hall–Kier alpha value is -2.92. The van der Waals surface area contributed by atoms with Crippen molar-refractivity contribution in [3.05, 3.63) is 41.7 Å². The van der Waals surface area contributed by atoms with Crippen molar-refractivity contribution in [2.24, 2.45) is 5.92 Å². The fraction of sp³-hybridized carbons (Fsp3) is 0.500. The van der Waals surface area contributed by atoms with Gasteiger partial charge in [0.1, 0.15) is 16.5 Å². The van der Waals surface area contributed by atoms with Crippen LogP contribution >= 0.6 is 0 Å². The van der Waals surface area contributed by atoms with Crippen molar-refractivity contribution in [2.45, 2.75) is 50.0 Å². The van der Waals surface area contributed by atoms with Crippen molar-refractivity contribution in [1.29, 1.82) is 0 Å². The number of aliphatic hydroxyl groups excluding tert-OH is 1. The van der Waals surface area contributed by atoms with E-state index in [1.165, 1.54) is 12.1 Å². The van der Waals surface area contributed by atoms with Crippen LogP contribution in [0.5, 0.6) is 0 Å². The summed E-state index contributed by atoms with van der Waals surface area (Å²) in [6.07, 6.45) is 2.25. The molecule has 0 radical (unpaired) electrons. The lowest BCUT2D eigenvalue weighted by atomic mass is 9.97. The van der Waals surface area contributed by atoms with Crippen LogP contribution in [0.2, 0.25) is 0 Å². The molecule has 0 aliphatic carbocycles. The third kappa shape index (κ3) is 4.92. The van der Waals surface area contributed by atoms with Gasteiger partial charge in [0, 0.05) is 36.7 Å². The van der Waals surface area contributed by atoms with Gasteiger partial charge >= 0.3 is 0 Å². The zero-order valence-corrected chi connectivity index (χ0v) is 20.6. The Morgan fingerprint density at radius 1 is 1.20 bits per heavy atom. The van der Waals surface area contributed by atoms with Crippen LogP contribution in [0.1, 0.15) is 44.2 Å². The van der Waals surface area contributed by atoms with Crippen LogP contribution in [-0.4, -0.2) is 61.0 Å². The van der Waals surface area contributed by atoms with Crippen molar-refractivity contribution in [2.75, 3.05) is 35.7 Å². The highest BCUT2D eigenvalue weighted by Gasteiger charge is 2.31. The first-order chi connectivity index (χ1) is 16.9. The maximum atomic E-state index is 13.2. The van der Waals surface area contributed by atoms with Crippen molar-refractivity contribution in [3.63, 3.8) is 0 Å². The normalized spacial score (nSPS) is 19.2. The summed E-state index contributed by atoms with van der Waals surface area (Å²) in [7, 11) is -1.14. The number of rotatable bonds is 7. The van der Waals surface area contributed by atoms with E-state index in [0.29, 0.717) is 59.3 Å². The van der Waals surface area contributed by atoms with Gasteiger partial charge in [-0.3, -0.25) is 4.21 Å². The largest absolute Gasteiger partial charge is 0.420 e. The molecule has 5 rings (SSSR count). The predicted molar refractivity (Wildman–Crippen MR) is 130 cm³/mol. The van der Waals surface area contributed by atoms with Crippen molar-refractivity contribution in [3.8, 4) is 11.5 Å². The number of fused-ring (bicyclic) bond motifs is 1. The second-order valence-corrected chi connectivity index (χ2v) is 10.8. The maximum Gasteiger partial charge on any atom is 0.247 e. The standard InChI is InChI=1S/C24H29FN6O3S/c1-14(2)19(13-32)26-21-20-18(9-12-35(20)33)27-24(28-21)31-10-7-16(8-11-31)23-30-29-22(34-23)15-3-5-17(25)6-4-15/h3-6,14,16,19,32H,7-13H2,1-2H3,(H,26,27,28)/t19-,35?/m0/s1. The number of anilines is 2. The van der Waals surface area contributed by atoms with E-state index in [0.717, 1.165) is 18.5 Å². The quantitative estimate of drug-likeness (QED) is 0.504. The number of nitrogens with one attached hydrogen (secondary N) is 1. The molecule has 2 aliphatic rings. The molecule has 3 aromatic rings. The Bertz CT molecular complexity index is 1210. The second-order valence-electron chi connectivity index (χ2n) is 9.34. The molecule has 4 heterocycles. The van der Waals surface area contributed by atoms with Crippen LogP contribution in [0.25, 0.3) is 11.5 Å². The number of benzene rings is 1. The average Bonchev–Trinajstić information content (AvgIpc) is 3.50. The molecule has 0 bridgehead atoms. The summed E-state index contributed by atoms with van der Waals surface area (Å²) < 4.78 is 31.7. The van der Waals surface area contributed by atoms with E-state index in [4.69, 9.17) is 14.4 Å². The van der Waals surface area contributed by atoms with E-state index in [2.05, 4.69) is 20.4 Å². The molecule has 35 heavy (non-hydrogen) atoms. The molecule has 1 fully saturated rings. The van der Waals surface area contributed by atoms with Crippen molar-refractivity contribution in [1.82, 2.24) is 20.2 Å². The van der Waals surface area contributed by atoms with E-state index in [-0.39, 0.29) is 30.3 Å². The van der Waals surface area contributed by atoms with Gasteiger partial charge < -0.3 is 19.7 Å². The molecular formula is C24H29FN6O3S. The fourth-order valence-corrected chi connectivity index (χ4v) is 5.77. The highest BCUT2D eigenvalue weighted by molar-refractivity contribution is 7.85. The molecule has 11 heteroatoms. The molecule has 2 aliphatic heterocycles. The van der Waals surface area contributed by atoms with E-state index in [9.17, 15) is 13.7 Å². The first kappa shape index (κ1) is 23.8. The number of aliphatic hydroxyl groups is 1. The minimum atomic E-state index is -1.14. The smallest absolute Gasteiger partial charge is 0.247 e. The summed E-state index contributed by atoms with van der Waals surface area (Å²) in [6, 6.07) is 5.81. The molecule has 1 unspecified atom stereocenters. The van der Waals surface area contributed by atoms with Gasteiger partial charge in [-0.1, -0.05) is 13.8 Å². The van der Waals surface area contributed by atoms with Gasteiger partial charge in [0.2, 0.25) is 17.7 Å². The first-order valence-corrected chi connectivity index (χ1v) is 13.3. The zero-order chi connectivity index (χ0) is 24.5. The summed E-state index contributed by atoms with van der Waals surface area (Å²) in [4.78, 5) is 12.3. The van der Waals surface area contributed by atoms with Gasteiger partial charge in [0.25, 0.3) is 0 Å². The number of aryl methyl sites for hydroxylation is 1. The summed E-state index contributed by atoms with van der Waals surface area (Å²) in [5.74, 6) is 2.69. The molecule has 1 aromatic carbocycles. The molecule has 0 spiro atoms. The third-order valence-corrected chi connectivity index (χ3v) is 8.12. The number of halogens is 1. The highest BCUT2D eigenvalue weighted by Crippen LogP contribution is 2.34. The van der Waals surface area contributed by atoms with Crippen LogP contribution in [0, 0.1) is 11.7 Å². The SMILES string of the molecule is CC(C)[C@H](CO)Nc1nc(N2CCC(c3nnc(-c4ccc(F)cc4)o3)CC2)nc2c1S(=O)CC2. The monoisotopic (exact) mass is 500 g/mol. The number of hydrogen-bond donors (Lipinski definition) is 2. The lowest BCUT2D eigenvalue weighted by molar-refractivity contribution is 0.249. The molecule has 186 valence electrons. The Morgan fingerprint density at radius 2 is 1.94 bits per heavy atom. The molecule has 0 saturated carbocycles. The average molecular weight is 501 g/mol. The molecular weight excluding hydrogens is 471 g/mol. The number of aromatic nitrogens is 4. The van der Waals surface area contributed by atoms with Crippen LogP contribution in [0.15, 0.2) is 33.6 Å². The van der Waals surface area contributed by atoms with Crippen molar-refractivity contribution < 1.29 is 18.1 Å². The highest BCUT2D eigenvalue weighted by atomic mass is 32.2. The number of piperidine rings is 1. The molecule has 0 amide bonds. The van der Waals surface area contributed by atoms with Crippen LogP contribution in [-0.2, 0) is 17.2 Å². The molecule has 1 saturated heterocycles. The van der Waals surface area contributed by atoms with Gasteiger partial charge in [0.05, 0.1) is 29.1 Å². The predicted octanol–water partition coefficient (Wildman–Crippen LogP) is 3.14. The summed E-state index contributed by atoms with van der Waals surface area (Å²) in [5.41, 5.74) is 1.51. The Labute approximate surface area is 205 Å². The van der Waals surface area contributed by atoms with Crippen LogP contribution in [0.3, 0.4) is 0 Å². The minimum Gasteiger partial charge on any atom is -0.420 e. The second kappa shape index (κ2) is 9.98. The van der Waals surface area contributed by atoms with Crippen LogP contribution in [0.4, 0.5) is 16.2 Å². The van der Waals surface area contributed by atoms with E-state index < -0.39 is 10.8 Å². The number of nitrogens with zero attached hydrogens (tertiary/aromatic N) is 5. The third-order valence-electron chi connectivity index (χ3n) is 6.66. The first-order valence-electron chi connectivity index (χ1n) is 11.9.